The molecule has 29 heavy (non-hydrogen) atoms. The Labute approximate surface area is 167 Å². The minimum absolute atomic E-state index is 0.0514. The van der Waals surface area contributed by atoms with Gasteiger partial charge in [-0.1, -0.05) is 0 Å². The third-order valence-corrected chi connectivity index (χ3v) is 5.53. The summed E-state index contributed by atoms with van der Waals surface area (Å²) < 4.78 is 67.2. The SMILES string of the molecule is C=NCC(C)(CS(C)(=O)=O)NC(=O)c1cc(O[C@@H](C)C(F)(F)F)c(C2CC2)cn1. The topological polar surface area (TPSA) is 97.7 Å². The summed E-state index contributed by atoms with van der Waals surface area (Å²) in [7, 11) is -3.45. The lowest BCUT2D eigenvalue weighted by Gasteiger charge is -2.28. The number of pyridine rings is 1. The highest BCUT2D eigenvalue weighted by atomic mass is 32.2. The van der Waals surface area contributed by atoms with E-state index in [2.05, 4.69) is 22.0 Å². The Bertz CT molecular complexity index is 885. The largest absolute Gasteiger partial charge is 0.481 e. The number of hydrogen-bond acceptors (Lipinski definition) is 6. The van der Waals surface area contributed by atoms with Crippen molar-refractivity contribution in [3.8, 4) is 5.75 Å². The molecule has 1 aromatic heterocycles. The zero-order valence-corrected chi connectivity index (χ0v) is 17.2. The van der Waals surface area contributed by atoms with Crippen molar-refractivity contribution in [3.05, 3.63) is 23.5 Å². The van der Waals surface area contributed by atoms with Crippen molar-refractivity contribution >= 4 is 22.5 Å². The molecule has 0 radical (unpaired) electrons. The molecule has 0 aromatic carbocycles. The maximum Gasteiger partial charge on any atom is 0.425 e. The number of amides is 1. The van der Waals surface area contributed by atoms with Crippen LogP contribution < -0.4 is 10.1 Å². The monoisotopic (exact) mass is 435 g/mol. The van der Waals surface area contributed by atoms with Crippen molar-refractivity contribution in [2.24, 2.45) is 4.99 Å². The van der Waals surface area contributed by atoms with Gasteiger partial charge in [-0.05, 0) is 39.3 Å². The van der Waals surface area contributed by atoms with Gasteiger partial charge in [0.2, 0.25) is 0 Å². The smallest absolute Gasteiger partial charge is 0.425 e. The van der Waals surface area contributed by atoms with Gasteiger partial charge in [0, 0.05) is 24.1 Å². The minimum Gasteiger partial charge on any atom is -0.481 e. The second kappa shape index (κ2) is 8.29. The molecule has 2 rings (SSSR count). The average Bonchev–Trinajstić information content (AvgIpc) is 3.36. The van der Waals surface area contributed by atoms with Crippen molar-refractivity contribution < 1.29 is 31.1 Å². The zero-order valence-electron chi connectivity index (χ0n) is 16.4. The van der Waals surface area contributed by atoms with E-state index >= 15 is 0 Å². The predicted octanol–water partition coefficient (Wildman–Crippen LogP) is 2.52. The summed E-state index contributed by atoms with van der Waals surface area (Å²) in [5.74, 6) is -1.13. The normalized spacial score (nSPS) is 17.9. The number of aromatic nitrogens is 1. The standard InChI is InChI=1S/C18H24F3N3O4S/c1-11(18(19,20)21)28-15-7-14(23-8-13(15)12-5-6-12)16(25)24-17(2,9-22-3)10-29(4,26)27/h7-8,11-12H,3,5-6,9-10H2,1-2,4H3,(H,24,25)/t11-,17?/m0/s1. The fraction of sp³-hybridized carbons (Fsp3) is 0.611. The Hall–Kier alpha value is -2.17. The van der Waals surface area contributed by atoms with Gasteiger partial charge in [-0.2, -0.15) is 13.2 Å². The summed E-state index contributed by atoms with van der Waals surface area (Å²) in [5, 5.41) is 2.55. The van der Waals surface area contributed by atoms with Crippen molar-refractivity contribution in [2.75, 3.05) is 18.6 Å². The lowest BCUT2D eigenvalue weighted by molar-refractivity contribution is -0.189. The Kier molecular flexibility index (Phi) is 6.61. The molecule has 0 bridgehead atoms. The molecule has 1 N–H and O–H groups in total. The summed E-state index contributed by atoms with van der Waals surface area (Å²) in [4.78, 5) is 20.4. The molecule has 1 saturated carbocycles. The Balaban J connectivity index is 2.29. The molecule has 11 heteroatoms. The van der Waals surface area contributed by atoms with E-state index in [1.54, 1.807) is 0 Å². The molecule has 1 heterocycles. The van der Waals surface area contributed by atoms with Crippen LogP contribution in [0, 0.1) is 0 Å². The number of carbonyl (C=O) groups is 1. The molecular weight excluding hydrogens is 411 g/mol. The van der Waals surface area contributed by atoms with Crippen LogP contribution in [0.3, 0.4) is 0 Å². The maximum atomic E-state index is 12.9. The van der Waals surface area contributed by atoms with Gasteiger partial charge in [0.25, 0.3) is 5.91 Å². The highest BCUT2D eigenvalue weighted by Crippen LogP contribution is 2.44. The molecular formula is C18H24F3N3O4S. The summed E-state index contributed by atoms with van der Waals surface area (Å²) in [6, 6.07) is 1.16. The first-order chi connectivity index (χ1) is 13.2. The number of nitrogens with zero attached hydrogens (tertiary/aromatic N) is 2. The van der Waals surface area contributed by atoms with Gasteiger partial charge in [0.15, 0.2) is 6.10 Å². The van der Waals surface area contributed by atoms with Crippen LogP contribution in [0.25, 0.3) is 0 Å². The number of hydrogen-bond donors (Lipinski definition) is 1. The minimum atomic E-state index is -4.56. The summed E-state index contributed by atoms with van der Waals surface area (Å²) >= 11 is 0. The van der Waals surface area contributed by atoms with Crippen LogP contribution in [0.4, 0.5) is 13.2 Å². The Morgan fingerprint density at radius 3 is 2.55 bits per heavy atom. The van der Waals surface area contributed by atoms with E-state index < -0.39 is 33.6 Å². The lowest BCUT2D eigenvalue weighted by Crippen LogP contribution is -2.53. The zero-order chi connectivity index (χ0) is 22.0. The van der Waals surface area contributed by atoms with Crippen LogP contribution in [0.15, 0.2) is 17.3 Å². The fourth-order valence-corrected chi connectivity index (χ4v) is 4.24. The van der Waals surface area contributed by atoms with E-state index in [1.807, 2.05) is 0 Å². The molecule has 162 valence electrons. The van der Waals surface area contributed by atoms with Crippen molar-refractivity contribution in [3.63, 3.8) is 0 Å². The van der Waals surface area contributed by atoms with Gasteiger partial charge in [0.05, 0.1) is 17.8 Å². The third kappa shape index (κ3) is 6.69. The molecule has 1 fully saturated rings. The van der Waals surface area contributed by atoms with Crippen molar-refractivity contribution in [1.29, 1.82) is 0 Å². The molecule has 1 unspecified atom stereocenters. The number of sulfone groups is 1. The van der Waals surface area contributed by atoms with E-state index in [0.29, 0.717) is 5.56 Å². The number of aliphatic imine (C=N–C) groups is 1. The summed E-state index contributed by atoms with van der Waals surface area (Å²) in [6.07, 6.45) is -2.64. The fourth-order valence-electron chi connectivity index (χ4n) is 2.92. The van der Waals surface area contributed by atoms with Crippen LogP contribution in [-0.4, -0.2) is 62.4 Å². The van der Waals surface area contributed by atoms with Gasteiger partial charge in [-0.3, -0.25) is 14.8 Å². The van der Waals surface area contributed by atoms with E-state index in [-0.39, 0.29) is 29.7 Å². The molecule has 0 spiro atoms. The van der Waals surface area contributed by atoms with E-state index in [4.69, 9.17) is 4.74 Å². The first-order valence-electron chi connectivity index (χ1n) is 8.90. The number of carbonyl (C=O) groups excluding carboxylic acids is 1. The van der Waals surface area contributed by atoms with E-state index in [0.717, 1.165) is 32.1 Å². The summed E-state index contributed by atoms with van der Waals surface area (Å²) in [5.41, 5.74) is -0.907. The summed E-state index contributed by atoms with van der Waals surface area (Å²) in [6.45, 7) is 5.63. The molecule has 7 nitrogen and oxygen atoms in total. The van der Waals surface area contributed by atoms with Gasteiger partial charge in [0.1, 0.15) is 21.3 Å². The molecule has 0 saturated heterocycles. The highest BCUT2D eigenvalue weighted by molar-refractivity contribution is 7.90. The second-order valence-electron chi connectivity index (χ2n) is 7.65. The Morgan fingerprint density at radius 1 is 1.45 bits per heavy atom. The molecule has 1 aliphatic carbocycles. The van der Waals surface area contributed by atoms with Crippen LogP contribution in [0.5, 0.6) is 5.75 Å². The number of halogens is 3. The predicted molar refractivity (Wildman–Crippen MR) is 102 cm³/mol. The molecule has 1 aromatic rings. The quantitative estimate of drug-likeness (QED) is 0.601. The van der Waals surface area contributed by atoms with Crippen LogP contribution in [-0.2, 0) is 9.84 Å². The molecule has 2 atom stereocenters. The number of nitrogens with one attached hydrogen (secondary N) is 1. The third-order valence-electron chi connectivity index (χ3n) is 4.37. The highest BCUT2D eigenvalue weighted by Gasteiger charge is 2.39. The van der Waals surface area contributed by atoms with Gasteiger partial charge < -0.3 is 10.1 Å². The van der Waals surface area contributed by atoms with Crippen molar-refractivity contribution in [2.45, 2.75) is 50.4 Å². The molecule has 1 aliphatic rings. The number of rotatable bonds is 9. The first kappa shape index (κ1) is 23.1. The second-order valence-corrected chi connectivity index (χ2v) is 9.79. The Morgan fingerprint density at radius 2 is 2.07 bits per heavy atom. The van der Waals surface area contributed by atoms with Crippen LogP contribution in [0.1, 0.15) is 48.7 Å². The molecule has 1 amide bonds. The van der Waals surface area contributed by atoms with Gasteiger partial charge in [-0.25, -0.2) is 8.42 Å². The molecule has 0 aliphatic heterocycles. The number of ether oxygens (including phenoxy) is 1. The van der Waals surface area contributed by atoms with E-state index in [1.165, 1.54) is 13.1 Å². The van der Waals surface area contributed by atoms with Crippen LogP contribution >= 0.6 is 0 Å². The lowest BCUT2D eigenvalue weighted by atomic mass is 10.1. The number of alkyl halides is 3. The van der Waals surface area contributed by atoms with Crippen LogP contribution in [0.2, 0.25) is 0 Å². The van der Waals surface area contributed by atoms with Gasteiger partial charge in [-0.15, -0.1) is 0 Å². The van der Waals surface area contributed by atoms with Crippen molar-refractivity contribution in [1.82, 2.24) is 10.3 Å². The first-order valence-corrected chi connectivity index (χ1v) is 11.0. The maximum absolute atomic E-state index is 12.9. The van der Waals surface area contributed by atoms with Gasteiger partial charge >= 0.3 is 6.18 Å². The average molecular weight is 435 g/mol. The van der Waals surface area contributed by atoms with E-state index in [9.17, 15) is 26.4 Å².